The summed E-state index contributed by atoms with van der Waals surface area (Å²) in [6.45, 7) is 3.98. The summed E-state index contributed by atoms with van der Waals surface area (Å²) in [5, 5.41) is 1.52. The molecule has 0 aliphatic carbocycles. The summed E-state index contributed by atoms with van der Waals surface area (Å²) >= 11 is 0. The van der Waals surface area contributed by atoms with Crippen LogP contribution in [0.5, 0.6) is 0 Å². The molecular weight excluding hydrogens is 353 g/mol. The Balaban J connectivity index is 1.80. The third-order valence-corrected chi connectivity index (χ3v) is 3.83. The molecule has 0 spiro atoms. The van der Waals surface area contributed by atoms with E-state index in [1.165, 1.54) is 5.06 Å². The molecule has 26 heavy (non-hydrogen) atoms. The van der Waals surface area contributed by atoms with Gasteiger partial charge < -0.3 is 15.5 Å². The van der Waals surface area contributed by atoms with Crippen LogP contribution < -0.4 is 10.6 Å². The zero-order chi connectivity index (χ0) is 19.3. The molecule has 0 unspecified atom stereocenters. The quantitative estimate of drug-likeness (QED) is 0.717. The summed E-state index contributed by atoms with van der Waals surface area (Å²) in [5.74, 6) is 0.0625. The number of nitrogens with two attached hydrogens (primary N) is 1. The lowest BCUT2D eigenvalue weighted by Crippen LogP contribution is -2.50. The van der Waals surface area contributed by atoms with E-state index < -0.39 is 11.7 Å². The molecule has 1 aromatic rings. The first-order chi connectivity index (χ1) is 12.2. The third-order valence-electron chi connectivity index (χ3n) is 3.83. The van der Waals surface area contributed by atoms with Crippen molar-refractivity contribution in [3.8, 4) is 0 Å². The molecule has 1 amide bonds. The minimum absolute atomic E-state index is 0.0672. The van der Waals surface area contributed by atoms with Gasteiger partial charge in [0.05, 0.1) is 5.56 Å². The lowest BCUT2D eigenvalue weighted by atomic mass is 10.3. The van der Waals surface area contributed by atoms with Crippen molar-refractivity contribution in [2.45, 2.75) is 19.1 Å². The Bertz CT molecular complexity index is 588. The zero-order valence-corrected chi connectivity index (χ0v) is 14.7. The average Bonchev–Trinajstić information content (AvgIpc) is 2.58. The van der Waals surface area contributed by atoms with Gasteiger partial charge in [0.15, 0.2) is 0 Å². The Morgan fingerprint density at radius 1 is 1.31 bits per heavy atom. The lowest BCUT2D eigenvalue weighted by molar-refractivity contribution is -0.168. The Labute approximate surface area is 149 Å². The van der Waals surface area contributed by atoms with Crippen LogP contribution in [0.25, 0.3) is 0 Å². The minimum Gasteiger partial charge on any atom is -0.337 e. The number of alkyl halides is 3. The van der Waals surface area contributed by atoms with Gasteiger partial charge in [-0.1, -0.05) is 0 Å². The number of nitrogens with zero attached hydrogens (tertiary/aromatic N) is 5. The molecule has 1 fully saturated rings. The molecular formula is C15H23F3N6O2. The van der Waals surface area contributed by atoms with Crippen LogP contribution in [0.3, 0.4) is 0 Å². The minimum atomic E-state index is -4.46. The fourth-order valence-corrected chi connectivity index (χ4v) is 2.50. The molecule has 0 saturated carbocycles. The molecule has 146 valence electrons. The zero-order valence-electron chi connectivity index (χ0n) is 14.7. The summed E-state index contributed by atoms with van der Waals surface area (Å²) < 4.78 is 37.6. The van der Waals surface area contributed by atoms with Crippen molar-refractivity contribution in [3.63, 3.8) is 0 Å². The predicted octanol–water partition coefficient (Wildman–Crippen LogP) is 0.355. The van der Waals surface area contributed by atoms with Crippen molar-refractivity contribution < 1.29 is 22.8 Å². The first-order valence-electron chi connectivity index (χ1n) is 8.18. The number of hydrogen-bond acceptors (Lipinski definition) is 7. The van der Waals surface area contributed by atoms with Crippen LogP contribution in [-0.4, -0.2) is 78.3 Å². The second kappa shape index (κ2) is 8.60. The molecule has 1 aliphatic heterocycles. The molecule has 0 radical (unpaired) electrons. The Morgan fingerprint density at radius 3 is 2.38 bits per heavy atom. The van der Waals surface area contributed by atoms with Crippen molar-refractivity contribution in [2.24, 2.45) is 5.73 Å². The Kier molecular flexibility index (Phi) is 6.73. The van der Waals surface area contributed by atoms with Crippen molar-refractivity contribution >= 4 is 11.9 Å². The highest BCUT2D eigenvalue weighted by Gasteiger charge is 2.32. The molecule has 0 bridgehead atoms. The summed E-state index contributed by atoms with van der Waals surface area (Å²) in [6.07, 6.45) is -2.93. The van der Waals surface area contributed by atoms with Crippen LogP contribution in [0.4, 0.5) is 19.1 Å². The molecule has 0 aromatic carbocycles. The van der Waals surface area contributed by atoms with Gasteiger partial charge in [-0.3, -0.25) is 9.63 Å². The van der Waals surface area contributed by atoms with E-state index in [0.717, 1.165) is 12.4 Å². The van der Waals surface area contributed by atoms with E-state index in [4.69, 9.17) is 10.6 Å². The number of amides is 1. The second-order valence-corrected chi connectivity index (χ2v) is 6.20. The van der Waals surface area contributed by atoms with Crippen molar-refractivity contribution in [3.05, 3.63) is 18.0 Å². The molecule has 1 aromatic heterocycles. The number of piperazine rings is 1. The van der Waals surface area contributed by atoms with Crippen LogP contribution >= 0.6 is 0 Å². The molecule has 2 rings (SSSR count). The van der Waals surface area contributed by atoms with Gasteiger partial charge in [0.1, 0.15) is 6.61 Å². The van der Waals surface area contributed by atoms with Gasteiger partial charge in [0.2, 0.25) is 5.95 Å². The van der Waals surface area contributed by atoms with Crippen LogP contribution in [0.1, 0.15) is 12.5 Å². The van der Waals surface area contributed by atoms with Gasteiger partial charge in [-0.05, 0) is 6.92 Å². The lowest BCUT2D eigenvalue weighted by Gasteiger charge is -2.35. The van der Waals surface area contributed by atoms with Crippen LogP contribution in [0.2, 0.25) is 0 Å². The van der Waals surface area contributed by atoms with E-state index >= 15 is 0 Å². The van der Waals surface area contributed by atoms with E-state index in [2.05, 4.69) is 9.97 Å². The summed E-state index contributed by atoms with van der Waals surface area (Å²) in [4.78, 5) is 28.4. The van der Waals surface area contributed by atoms with Gasteiger partial charge in [-0.15, -0.1) is 0 Å². The molecule has 1 saturated heterocycles. The van der Waals surface area contributed by atoms with Gasteiger partial charge in [0, 0.05) is 58.2 Å². The predicted molar refractivity (Wildman–Crippen MR) is 88.1 cm³/mol. The normalized spacial score (nSPS) is 16.9. The topological polar surface area (TPSA) is 87.8 Å². The van der Waals surface area contributed by atoms with E-state index in [1.54, 1.807) is 16.8 Å². The number of halogens is 3. The highest BCUT2D eigenvalue weighted by Crippen LogP contribution is 2.28. The number of anilines is 1. The summed E-state index contributed by atoms with van der Waals surface area (Å²) in [5.41, 5.74) is 4.76. The van der Waals surface area contributed by atoms with E-state index in [9.17, 15) is 18.0 Å². The third kappa shape index (κ3) is 5.78. The SMILES string of the molecule is C[C@H](N)CN(C)OCC(=O)N1CCN(c2ncc(C(F)(F)F)cn2)CC1. The van der Waals surface area contributed by atoms with Crippen LogP contribution in [-0.2, 0) is 15.8 Å². The number of carbonyl (C=O) groups excluding carboxylic acids is 1. The number of hydroxylamine groups is 2. The van der Waals surface area contributed by atoms with E-state index in [-0.39, 0.29) is 24.5 Å². The first-order valence-corrected chi connectivity index (χ1v) is 8.18. The summed E-state index contributed by atoms with van der Waals surface area (Å²) in [7, 11) is 1.70. The number of hydrogen-bond donors (Lipinski definition) is 1. The highest BCUT2D eigenvalue weighted by molar-refractivity contribution is 5.77. The second-order valence-electron chi connectivity index (χ2n) is 6.20. The van der Waals surface area contributed by atoms with E-state index in [0.29, 0.717) is 32.7 Å². The summed E-state index contributed by atoms with van der Waals surface area (Å²) in [6, 6.07) is -0.0672. The van der Waals surface area contributed by atoms with E-state index in [1.807, 2.05) is 6.92 Å². The number of aromatic nitrogens is 2. The van der Waals surface area contributed by atoms with Crippen molar-refractivity contribution in [1.29, 1.82) is 0 Å². The number of carbonyl (C=O) groups is 1. The van der Waals surface area contributed by atoms with Crippen LogP contribution in [0.15, 0.2) is 12.4 Å². The van der Waals surface area contributed by atoms with Crippen molar-refractivity contribution in [2.75, 3.05) is 51.3 Å². The molecule has 2 heterocycles. The maximum absolute atomic E-state index is 12.5. The van der Waals surface area contributed by atoms with Gasteiger partial charge >= 0.3 is 6.18 Å². The maximum Gasteiger partial charge on any atom is 0.419 e. The Hall–Kier alpha value is -1.98. The maximum atomic E-state index is 12.5. The molecule has 1 atom stereocenters. The standard InChI is InChI=1S/C15H23F3N6O2/c1-11(19)9-22(2)26-10-13(25)23-3-5-24(6-4-23)14-20-7-12(8-21-14)15(16,17)18/h7-8,11H,3-6,9-10,19H2,1-2H3/t11-/m0/s1. The van der Waals surface area contributed by atoms with Crippen LogP contribution in [0, 0.1) is 0 Å². The first kappa shape index (κ1) is 20.3. The van der Waals surface area contributed by atoms with Gasteiger partial charge in [-0.25, -0.2) is 9.97 Å². The largest absolute Gasteiger partial charge is 0.419 e. The number of likely N-dealkylation sites (N-methyl/N-ethyl adjacent to an activating group) is 1. The fraction of sp³-hybridized carbons (Fsp3) is 0.667. The number of rotatable bonds is 6. The molecule has 2 N–H and O–H groups in total. The van der Waals surface area contributed by atoms with Gasteiger partial charge in [0.25, 0.3) is 5.91 Å². The smallest absolute Gasteiger partial charge is 0.337 e. The average molecular weight is 376 g/mol. The monoisotopic (exact) mass is 376 g/mol. The van der Waals surface area contributed by atoms with Gasteiger partial charge in [-0.2, -0.15) is 18.2 Å². The fourth-order valence-electron chi connectivity index (χ4n) is 2.50. The molecule has 1 aliphatic rings. The molecule has 11 heteroatoms. The highest BCUT2D eigenvalue weighted by atomic mass is 19.4. The molecule has 8 nitrogen and oxygen atoms in total. The van der Waals surface area contributed by atoms with Crippen molar-refractivity contribution in [1.82, 2.24) is 19.9 Å². The Morgan fingerprint density at radius 2 is 1.88 bits per heavy atom.